The number of hydrogen-bond donors (Lipinski definition) is 1. The summed E-state index contributed by atoms with van der Waals surface area (Å²) in [6, 6.07) is 15.6. The Morgan fingerprint density at radius 1 is 1.06 bits per heavy atom. The number of nitrogens with one attached hydrogen (secondary N) is 1. The predicted molar refractivity (Wildman–Crippen MR) is 134 cm³/mol. The summed E-state index contributed by atoms with van der Waals surface area (Å²) in [6.45, 7) is 10.7. The van der Waals surface area contributed by atoms with Gasteiger partial charge in [0.05, 0.1) is 23.4 Å². The van der Waals surface area contributed by atoms with Crippen LogP contribution in [0.1, 0.15) is 54.6 Å². The van der Waals surface area contributed by atoms with Gasteiger partial charge in [-0.1, -0.05) is 24.6 Å². The molecule has 5 rings (SSSR count). The molecule has 0 amide bonds. The Morgan fingerprint density at radius 2 is 1.94 bits per heavy atom. The number of nitrogens with zero attached hydrogens (tertiary/aromatic N) is 5. The monoisotopic (exact) mass is 440 g/mol. The number of aromatic nitrogens is 2. The molecule has 170 valence electrons. The molecule has 6 heteroatoms. The van der Waals surface area contributed by atoms with E-state index in [0.717, 1.165) is 53.0 Å². The minimum absolute atomic E-state index is 0.00736. The SMILES string of the molecule is Cc1c(C#N)cccc1[C@@H](C)Nc1nnc(C)c2ccc(N3CCN4CCCC[C@@H]4C3)cc12. The third-order valence-corrected chi connectivity index (χ3v) is 7.47. The van der Waals surface area contributed by atoms with Crippen LogP contribution in [0.15, 0.2) is 36.4 Å². The molecule has 2 aromatic carbocycles. The molecule has 1 aromatic heterocycles. The average Bonchev–Trinajstić information content (AvgIpc) is 2.85. The number of fused-ring (bicyclic) bond motifs is 2. The van der Waals surface area contributed by atoms with Gasteiger partial charge in [0.1, 0.15) is 0 Å². The van der Waals surface area contributed by atoms with E-state index in [1.54, 1.807) is 0 Å². The summed E-state index contributed by atoms with van der Waals surface area (Å²) in [5, 5.41) is 24.2. The average molecular weight is 441 g/mol. The lowest BCUT2D eigenvalue weighted by molar-refractivity contribution is 0.133. The maximum atomic E-state index is 9.41. The Balaban J connectivity index is 1.46. The first-order valence-electron chi connectivity index (χ1n) is 12.1. The zero-order chi connectivity index (χ0) is 22.9. The topological polar surface area (TPSA) is 68.1 Å². The fourth-order valence-electron chi connectivity index (χ4n) is 5.50. The Kier molecular flexibility index (Phi) is 5.90. The van der Waals surface area contributed by atoms with Gasteiger partial charge in [0.2, 0.25) is 0 Å². The molecule has 33 heavy (non-hydrogen) atoms. The molecule has 2 fully saturated rings. The maximum absolute atomic E-state index is 9.41. The summed E-state index contributed by atoms with van der Waals surface area (Å²) in [4.78, 5) is 5.21. The van der Waals surface area contributed by atoms with E-state index in [2.05, 4.69) is 62.6 Å². The van der Waals surface area contributed by atoms with Crippen LogP contribution in [0.5, 0.6) is 0 Å². The normalized spacial score (nSPS) is 19.7. The molecule has 0 bridgehead atoms. The molecule has 0 radical (unpaired) electrons. The first kappa shape index (κ1) is 21.7. The van der Waals surface area contributed by atoms with Crippen molar-refractivity contribution in [2.45, 2.75) is 52.1 Å². The number of piperidine rings is 1. The standard InChI is InChI=1S/C27H32N6/c1-18-21(16-28)7-6-9-24(18)19(2)29-27-26-15-22(10-11-25(26)20(3)30-31-27)33-14-13-32-12-5-4-8-23(32)17-33/h6-7,9-11,15,19,23H,4-5,8,12-14,17H2,1-3H3,(H,29,31)/t19-,23-/m1/s1. The van der Waals surface area contributed by atoms with Crippen LogP contribution in [-0.2, 0) is 0 Å². The second-order valence-corrected chi connectivity index (χ2v) is 9.49. The van der Waals surface area contributed by atoms with E-state index in [4.69, 9.17) is 0 Å². The van der Waals surface area contributed by atoms with E-state index in [9.17, 15) is 5.26 Å². The third-order valence-electron chi connectivity index (χ3n) is 7.47. The highest BCUT2D eigenvalue weighted by molar-refractivity contribution is 5.95. The number of aryl methyl sites for hydroxylation is 1. The largest absolute Gasteiger partial charge is 0.369 e. The number of hydrogen-bond acceptors (Lipinski definition) is 6. The molecule has 6 nitrogen and oxygen atoms in total. The van der Waals surface area contributed by atoms with Crippen LogP contribution < -0.4 is 10.2 Å². The molecule has 2 aliphatic heterocycles. The molecule has 0 spiro atoms. The molecule has 2 aliphatic rings. The van der Waals surface area contributed by atoms with Crippen molar-refractivity contribution in [3.8, 4) is 6.07 Å². The first-order valence-corrected chi connectivity index (χ1v) is 12.1. The van der Waals surface area contributed by atoms with Crippen LogP contribution in [0.3, 0.4) is 0 Å². The fraction of sp³-hybridized carbons (Fsp3) is 0.444. The molecule has 2 saturated heterocycles. The molecular weight excluding hydrogens is 408 g/mol. The summed E-state index contributed by atoms with van der Waals surface area (Å²) < 4.78 is 0. The second kappa shape index (κ2) is 8.99. The van der Waals surface area contributed by atoms with Crippen molar-refractivity contribution in [3.05, 3.63) is 58.8 Å². The number of rotatable bonds is 4. The Hall–Kier alpha value is -3.17. The molecule has 0 saturated carbocycles. The minimum atomic E-state index is 0.00736. The molecule has 3 heterocycles. The number of piperazine rings is 1. The van der Waals surface area contributed by atoms with Crippen LogP contribution in [0.2, 0.25) is 0 Å². The van der Waals surface area contributed by atoms with E-state index in [1.165, 1.54) is 31.5 Å². The fourth-order valence-corrected chi connectivity index (χ4v) is 5.50. The van der Waals surface area contributed by atoms with Gasteiger partial charge >= 0.3 is 0 Å². The molecule has 1 N–H and O–H groups in total. The van der Waals surface area contributed by atoms with E-state index < -0.39 is 0 Å². The van der Waals surface area contributed by atoms with Crippen LogP contribution in [0.4, 0.5) is 11.5 Å². The van der Waals surface area contributed by atoms with Gasteiger partial charge in [0, 0.05) is 42.1 Å². The van der Waals surface area contributed by atoms with Gasteiger partial charge in [-0.2, -0.15) is 10.4 Å². The van der Waals surface area contributed by atoms with Crippen LogP contribution >= 0.6 is 0 Å². The Labute approximate surface area is 196 Å². The summed E-state index contributed by atoms with van der Waals surface area (Å²) in [7, 11) is 0. The summed E-state index contributed by atoms with van der Waals surface area (Å²) in [6.07, 6.45) is 3.99. The van der Waals surface area contributed by atoms with Gasteiger partial charge < -0.3 is 10.2 Å². The first-order chi connectivity index (χ1) is 16.0. The number of nitriles is 1. The van der Waals surface area contributed by atoms with Crippen molar-refractivity contribution < 1.29 is 0 Å². The van der Waals surface area contributed by atoms with E-state index >= 15 is 0 Å². The van der Waals surface area contributed by atoms with Crippen molar-refractivity contribution >= 4 is 22.3 Å². The van der Waals surface area contributed by atoms with Gasteiger partial charge in [-0.05, 0) is 69.5 Å². The van der Waals surface area contributed by atoms with Gasteiger partial charge in [-0.15, -0.1) is 5.10 Å². The van der Waals surface area contributed by atoms with Crippen molar-refractivity contribution in [2.24, 2.45) is 0 Å². The van der Waals surface area contributed by atoms with E-state index in [1.807, 2.05) is 26.0 Å². The smallest absolute Gasteiger partial charge is 0.157 e. The molecular formula is C27H32N6. The third kappa shape index (κ3) is 4.14. The zero-order valence-corrected chi connectivity index (χ0v) is 19.8. The lowest BCUT2D eigenvalue weighted by Gasteiger charge is -2.45. The minimum Gasteiger partial charge on any atom is -0.369 e. The molecule has 0 aliphatic carbocycles. The predicted octanol–water partition coefficient (Wildman–Crippen LogP) is 4.97. The van der Waals surface area contributed by atoms with Crippen LogP contribution in [0, 0.1) is 25.2 Å². The quantitative estimate of drug-likeness (QED) is 0.618. The van der Waals surface area contributed by atoms with Gasteiger partial charge in [0.15, 0.2) is 5.82 Å². The van der Waals surface area contributed by atoms with Gasteiger partial charge in [-0.3, -0.25) is 4.90 Å². The van der Waals surface area contributed by atoms with E-state index in [-0.39, 0.29) is 6.04 Å². The van der Waals surface area contributed by atoms with Crippen molar-refractivity contribution in [2.75, 3.05) is 36.4 Å². The highest BCUT2D eigenvalue weighted by atomic mass is 15.3. The summed E-state index contributed by atoms with van der Waals surface area (Å²) in [5.74, 6) is 0.794. The molecule has 0 unspecified atom stereocenters. The second-order valence-electron chi connectivity index (χ2n) is 9.49. The van der Waals surface area contributed by atoms with Crippen molar-refractivity contribution in [1.29, 1.82) is 5.26 Å². The lowest BCUT2D eigenvalue weighted by Crippen LogP contribution is -2.54. The van der Waals surface area contributed by atoms with Gasteiger partial charge in [0.25, 0.3) is 0 Å². The summed E-state index contributed by atoms with van der Waals surface area (Å²) >= 11 is 0. The molecule has 3 aromatic rings. The summed E-state index contributed by atoms with van der Waals surface area (Å²) in [5.41, 5.74) is 5.03. The van der Waals surface area contributed by atoms with Gasteiger partial charge in [-0.25, -0.2) is 0 Å². The Morgan fingerprint density at radius 3 is 2.79 bits per heavy atom. The zero-order valence-electron chi connectivity index (χ0n) is 19.8. The maximum Gasteiger partial charge on any atom is 0.157 e. The number of benzene rings is 2. The number of anilines is 2. The van der Waals surface area contributed by atoms with Crippen molar-refractivity contribution in [3.63, 3.8) is 0 Å². The highest BCUT2D eigenvalue weighted by Gasteiger charge is 2.29. The van der Waals surface area contributed by atoms with Crippen LogP contribution in [-0.4, -0.2) is 47.3 Å². The highest BCUT2D eigenvalue weighted by Crippen LogP contribution is 2.32. The Bertz CT molecular complexity index is 1210. The van der Waals surface area contributed by atoms with E-state index in [0.29, 0.717) is 11.6 Å². The lowest BCUT2D eigenvalue weighted by atomic mass is 9.98. The van der Waals surface area contributed by atoms with Crippen LogP contribution in [0.25, 0.3) is 10.8 Å². The van der Waals surface area contributed by atoms with Crippen molar-refractivity contribution in [1.82, 2.24) is 15.1 Å². The molecule has 2 atom stereocenters.